The molecule has 1 aromatic carbocycles. The number of rotatable bonds is 5. The van der Waals surface area contributed by atoms with Crippen LogP contribution in [-0.4, -0.2) is 16.4 Å². The fourth-order valence-corrected chi connectivity index (χ4v) is 1.78. The Kier molecular flexibility index (Phi) is 4.23. The van der Waals surface area contributed by atoms with Crippen LogP contribution in [0.5, 0.6) is 0 Å². The standard InChI is InChI=1S/C16H20N2O2/c1-4-16(2,3)18-14(19)10-13-11-20-15(17-13)12-8-6-5-7-9-12/h5-9,11H,4,10H2,1-3H3,(H,18,19). The van der Waals surface area contributed by atoms with Gasteiger partial charge in [0.05, 0.1) is 12.1 Å². The first-order chi connectivity index (χ1) is 9.50. The minimum absolute atomic E-state index is 0.0373. The van der Waals surface area contributed by atoms with Gasteiger partial charge in [-0.1, -0.05) is 25.1 Å². The third-order valence-corrected chi connectivity index (χ3v) is 3.28. The summed E-state index contributed by atoms with van der Waals surface area (Å²) in [5.41, 5.74) is 1.37. The Hall–Kier alpha value is -2.10. The third-order valence-electron chi connectivity index (χ3n) is 3.28. The van der Waals surface area contributed by atoms with E-state index < -0.39 is 0 Å². The van der Waals surface area contributed by atoms with Crippen LogP contribution >= 0.6 is 0 Å². The minimum atomic E-state index is -0.191. The molecule has 0 radical (unpaired) electrons. The topological polar surface area (TPSA) is 55.1 Å². The molecule has 1 amide bonds. The summed E-state index contributed by atoms with van der Waals surface area (Å²) in [7, 11) is 0. The van der Waals surface area contributed by atoms with Crippen LogP contribution in [0.4, 0.5) is 0 Å². The van der Waals surface area contributed by atoms with E-state index in [2.05, 4.69) is 10.3 Å². The van der Waals surface area contributed by atoms with E-state index in [0.29, 0.717) is 11.6 Å². The lowest BCUT2D eigenvalue weighted by Gasteiger charge is -2.24. The molecule has 0 aliphatic heterocycles. The number of carbonyl (C=O) groups is 1. The molecule has 0 saturated carbocycles. The minimum Gasteiger partial charge on any atom is -0.444 e. The first-order valence-electron chi connectivity index (χ1n) is 6.81. The maximum absolute atomic E-state index is 11.9. The number of aromatic nitrogens is 1. The molecule has 0 unspecified atom stereocenters. The Bertz CT molecular complexity index is 573. The number of benzene rings is 1. The summed E-state index contributed by atoms with van der Waals surface area (Å²) < 4.78 is 5.42. The van der Waals surface area contributed by atoms with Crippen molar-refractivity contribution in [2.24, 2.45) is 0 Å². The lowest BCUT2D eigenvalue weighted by Crippen LogP contribution is -2.43. The van der Waals surface area contributed by atoms with Crippen molar-refractivity contribution < 1.29 is 9.21 Å². The zero-order valence-electron chi connectivity index (χ0n) is 12.1. The predicted octanol–water partition coefficient (Wildman–Crippen LogP) is 3.19. The lowest BCUT2D eigenvalue weighted by atomic mass is 10.0. The van der Waals surface area contributed by atoms with E-state index in [4.69, 9.17) is 4.42 Å². The molecule has 1 heterocycles. The second-order valence-electron chi connectivity index (χ2n) is 5.47. The molecule has 0 aliphatic carbocycles. The molecular weight excluding hydrogens is 252 g/mol. The van der Waals surface area contributed by atoms with Crippen LogP contribution in [0.25, 0.3) is 11.5 Å². The van der Waals surface area contributed by atoms with E-state index in [0.717, 1.165) is 12.0 Å². The highest BCUT2D eigenvalue weighted by Gasteiger charge is 2.19. The Labute approximate surface area is 119 Å². The monoisotopic (exact) mass is 272 g/mol. The van der Waals surface area contributed by atoms with Crippen LogP contribution in [0.2, 0.25) is 0 Å². The van der Waals surface area contributed by atoms with Crippen LogP contribution < -0.4 is 5.32 Å². The number of carbonyl (C=O) groups excluding carboxylic acids is 1. The Balaban J connectivity index is 2.02. The molecule has 4 heteroatoms. The first-order valence-corrected chi connectivity index (χ1v) is 6.81. The van der Waals surface area contributed by atoms with Gasteiger partial charge in [0.15, 0.2) is 0 Å². The number of hydrogen-bond donors (Lipinski definition) is 1. The zero-order chi connectivity index (χ0) is 14.6. The van der Waals surface area contributed by atoms with Crippen molar-refractivity contribution in [3.05, 3.63) is 42.3 Å². The maximum Gasteiger partial charge on any atom is 0.226 e. The van der Waals surface area contributed by atoms with Crippen LogP contribution in [0.3, 0.4) is 0 Å². The fraction of sp³-hybridized carbons (Fsp3) is 0.375. The summed E-state index contributed by atoms with van der Waals surface area (Å²) in [6.45, 7) is 6.05. The molecule has 0 bridgehead atoms. The average molecular weight is 272 g/mol. The van der Waals surface area contributed by atoms with E-state index in [1.165, 1.54) is 0 Å². The predicted molar refractivity (Wildman–Crippen MR) is 78.2 cm³/mol. The van der Waals surface area contributed by atoms with Crippen LogP contribution in [0.1, 0.15) is 32.9 Å². The van der Waals surface area contributed by atoms with Crippen molar-refractivity contribution in [2.75, 3.05) is 0 Å². The molecule has 2 rings (SSSR count). The van der Waals surface area contributed by atoms with Crippen molar-refractivity contribution in [2.45, 2.75) is 39.2 Å². The van der Waals surface area contributed by atoms with E-state index in [-0.39, 0.29) is 17.9 Å². The molecule has 0 fully saturated rings. The third kappa shape index (κ3) is 3.70. The van der Waals surface area contributed by atoms with Crippen LogP contribution in [0, 0.1) is 0 Å². The van der Waals surface area contributed by atoms with Crippen molar-refractivity contribution >= 4 is 5.91 Å². The molecule has 1 N–H and O–H groups in total. The van der Waals surface area contributed by atoms with E-state index in [1.807, 2.05) is 51.1 Å². The van der Waals surface area contributed by atoms with Crippen molar-refractivity contribution in [3.63, 3.8) is 0 Å². The van der Waals surface area contributed by atoms with Crippen molar-refractivity contribution in [1.82, 2.24) is 10.3 Å². The number of hydrogen-bond acceptors (Lipinski definition) is 3. The molecule has 0 saturated heterocycles. The largest absolute Gasteiger partial charge is 0.444 e. The quantitative estimate of drug-likeness (QED) is 0.909. The van der Waals surface area contributed by atoms with Crippen molar-refractivity contribution in [3.8, 4) is 11.5 Å². The summed E-state index contributed by atoms with van der Waals surface area (Å²) in [5, 5.41) is 2.98. The number of amides is 1. The fourth-order valence-electron chi connectivity index (χ4n) is 1.78. The summed E-state index contributed by atoms with van der Waals surface area (Å²) in [6, 6.07) is 9.64. The van der Waals surface area contributed by atoms with Crippen LogP contribution in [-0.2, 0) is 11.2 Å². The van der Waals surface area contributed by atoms with Gasteiger partial charge < -0.3 is 9.73 Å². The van der Waals surface area contributed by atoms with Gasteiger partial charge in [0, 0.05) is 11.1 Å². The van der Waals surface area contributed by atoms with E-state index >= 15 is 0 Å². The Morgan fingerprint density at radius 1 is 1.30 bits per heavy atom. The second kappa shape index (κ2) is 5.90. The molecule has 2 aromatic rings. The van der Waals surface area contributed by atoms with E-state index in [9.17, 15) is 4.79 Å². The summed E-state index contributed by atoms with van der Waals surface area (Å²) >= 11 is 0. The Morgan fingerprint density at radius 2 is 2.00 bits per heavy atom. The van der Waals surface area contributed by atoms with Gasteiger partial charge in [-0.15, -0.1) is 0 Å². The Morgan fingerprint density at radius 3 is 2.65 bits per heavy atom. The molecule has 106 valence electrons. The highest BCUT2D eigenvalue weighted by Crippen LogP contribution is 2.18. The van der Waals surface area contributed by atoms with Gasteiger partial charge in [0.2, 0.25) is 11.8 Å². The summed E-state index contributed by atoms with van der Waals surface area (Å²) in [4.78, 5) is 16.3. The summed E-state index contributed by atoms with van der Waals surface area (Å²) in [5.74, 6) is 0.507. The van der Waals surface area contributed by atoms with Gasteiger partial charge in [0.1, 0.15) is 6.26 Å². The second-order valence-corrected chi connectivity index (χ2v) is 5.47. The molecule has 20 heavy (non-hydrogen) atoms. The average Bonchev–Trinajstić information content (AvgIpc) is 2.87. The number of oxazole rings is 1. The summed E-state index contributed by atoms with van der Waals surface area (Å²) in [6.07, 6.45) is 2.66. The molecular formula is C16H20N2O2. The van der Waals surface area contributed by atoms with Gasteiger partial charge in [0.25, 0.3) is 0 Å². The molecule has 1 aromatic heterocycles. The normalized spacial score (nSPS) is 11.3. The SMILES string of the molecule is CCC(C)(C)NC(=O)Cc1coc(-c2ccccc2)n1. The number of nitrogens with one attached hydrogen (secondary N) is 1. The van der Waals surface area contributed by atoms with Gasteiger partial charge in [-0.2, -0.15) is 0 Å². The zero-order valence-corrected chi connectivity index (χ0v) is 12.1. The van der Waals surface area contributed by atoms with Gasteiger partial charge in [-0.3, -0.25) is 4.79 Å². The first kappa shape index (κ1) is 14.3. The van der Waals surface area contributed by atoms with Gasteiger partial charge in [-0.05, 0) is 32.4 Å². The highest BCUT2D eigenvalue weighted by molar-refractivity contribution is 5.78. The van der Waals surface area contributed by atoms with Crippen molar-refractivity contribution in [1.29, 1.82) is 0 Å². The van der Waals surface area contributed by atoms with Gasteiger partial charge >= 0.3 is 0 Å². The molecule has 0 aliphatic rings. The smallest absolute Gasteiger partial charge is 0.226 e. The van der Waals surface area contributed by atoms with Crippen LogP contribution in [0.15, 0.2) is 41.0 Å². The molecule has 4 nitrogen and oxygen atoms in total. The van der Waals surface area contributed by atoms with Gasteiger partial charge in [-0.25, -0.2) is 4.98 Å². The number of nitrogens with zero attached hydrogens (tertiary/aromatic N) is 1. The molecule has 0 spiro atoms. The highest BCUT2D eigenvalue weighted by atomic mass is 16.3. The lowest BCUT2D eigenvalue weighted by molar-refractivity contribution is -0.122. The maximum atomic E-state index is 11.9. The van der Waals surface area contributed by atoms with E-state index in [1.54, 1.807) is 6.26 Å². The molecule has 0 atom stereocenters.